The molecule has 9 aromatic rings. The van der Waals surface area contributed by atoms with Crippen LogP contribution >= 0.6 is 35.3 Å². The second kappa shape index (κ2) is 19.9. The van der Waals surface area contributed by atoms with Crippen molar-refractivity contribution in [3.63, 3.8) is 0 Å². The van der Waals surface area contributed by atoms with Gasteiger partial charge < -0.3 is 0 Å². The van der Waals surface area contributed by atoms with Crippen LogP contribution in [0.15, 0.2) is 121 Å². The van der Waals surface area contributed by atoms with Crippen LogP contribution in [0, 0.1) is 90.0 Å². The van der Waals surface area contributed by atoms with E-state index in [4.69, 9.17) is 22.6 Å². The first-order chi connectivity index (χ1) is 33.6. The Morgan fingerprint density at radius 3 is 1.13 bits per heavy atom. The predicted molar refractivity (Wildman–Crippen MR) is 309 cm³/mol. The number of aryl methyl sites for hydroxylation is 1. The summed E-state index contributed by atoms with van der Waals surface area (Å²) in [4.78, 5) is 17.7. The fraction of sp³-hybridized carbons (Fsp3) is 0.231. The molecular weight excluding hydrogens is 905 g/mol. The smallest absolute Gasteiger partial charge is 0.160 e. The molecule has 0 radical (unpaired) electrons. The van der Waals surface area contributed by atoms with Crippen molar-refractivity contribution in [2.24, 2.45) is 0 Å². The molecule has 0 amide bonds. The molecule has 0 spiro atoms. The second-order valence-corrected chi connectivity index (χ2v) is 21.9. The van der Waals surface area contributed by atoms with Gasteiger partial charge in [-0.15, -0.1) is 35.3 Å². The van der Waals surface area contributed by atoms with Gasteiger partial charge in [0.15, 0.2) is 5.82 Å². The fourth-order valence-corrected chi connectivity index (χ4v) is 13.6. The molecule has 0 aliphatic heterocycles. The molecule has 70 heavy (non-hydrogen) atoms. The van der Waals surface area contributed by atoms with Gasteiger partial charge in [-0.3, -0.25) is 0 Å². The standard InChI is InChI=1S/C65H64N2S3/c1-36-46(11)62(47(12)37(2)57(36)52(68)31-23-26-49-24-17-14-18-25-49)65-66-63(60-42(7)38(3)58(39(4)43(60)8)55-34-32-53(69-55)50-27-19-15-20-28-50)48(13)64(67-65)61-44(9)40(5)59(41(6)45(61)10)56-35-33-54(70-56)51-29-21-16-22-30-51/h14-22,24-25,27-35,68H,23,26H2,1-13H3/b52-31-. The van der Waals surface area contributed by atoms with Crippen molar-refractivity contribution < 1.29 is 0 Å². The van der Waals surface area contributed by atoms with Crippen LogP contribution in [-0.4, -0.2) is 9.97 Å². The van der Waals surface area contributed by atoms with E-state index in [2.05, 4.69) is 211 Å². The Hall–Kier alpha value is -6.11. The zero-order chi connectivity index (χ0) is 49.7. The monoisotopic (exact) mass is 968 g/mol. The lowest BCUT2D eigenvalue weighted by molar-refractivity contribution is 1.00. The van der Waals surface area contributed by atoms with Gasteiger partial charge in [0.1, 0.15) is 0 Å². The lowest BCUT2D eigenvalue weighted by Gasteiger charge is -2.26. The van der Waals surface area contributed by atoms with Crippen LogP contribution in [0.5, 0.6) is 0 Å². The fourth-order valence-electron chi connectivity index (χ4n) is 10.8. The molecule has 6 aromatic carbocycles. The van der Waals surface area contributed by atoms with Gasteiger partial charge in [0, 0.05) is 46.7 Å². The molecule has 0 N–H and O–H groups in total. The second-order valence-electron chi connectivity index (χ2n) is 19.3. The first-order valence-corrected chi connectivity index (χ1v) is 26.6. The predicted octanol–water partition coefficient (Wildman–Crippen LogP) is 19.2. The Morgan fingerprint density at radius 2 is 0.729 bits per heavy atom. The summed E-state index contributed by atoms with van der Waals surface area (Å²) in [5.74, 6) is 0.769. The number of rotatable bonds is 11. The van der Waals surface area contributed by atoms with Crippen LogP contribution in [0.4, 0.5) is 0 Å². The van der Waals surface area contributed by atoms with Crippen LogP contribution in [0.25, 0.3) is 80.6 Å². The molecule has 5 heteroatoms. The summed E-state index contributed by atoms with van der Waals surface area (Å²) in [7, 11) is 0. The molecule has 3 aromatic heterocycles. The van der Waals surface area contributed by atoms with Crippen molar-refractivity contribution >= 4 is 40.2 Å². The normalized spacial score (nSPS) is 11.8. The summed E-state index contributed by atoms with van der Waals surface area (Å²) in [6.07, 6.45) is 4.19. The van der Waals surface area contributed by atoms with Crippen LogP contribution in [-0.2, 0) is 6.42 Å². The Balaban J connectivity index is 1.25. The number of benzene rings is 6. The van der Waals surface area contributed by atoms with Crippen LogP contribution in [0.1, 0.15) is 89.9 Å². The molecule has 0 bridgehead atoms. The third-order valence-electron chi connectivity index (χ3n) is 15.4. The SMILES string of the molecule is Cc1c(-c2c(C)c(C)c(-c3ccc(-c4ccccc4)s3)c(C)c2C)nc(-c2c(C)c(C)c(/C(S)=C/CCc3ccccc3)c(C)c2C)nc1-c1c(C)c(C)c(-c2ccc(-c3ccccc3)s2)c(C)c1C. The lowest BCUT2D eigenvalue weighted by Crippen LogP contribution is -2.09. The Labute approximate surface area is 430 Å². The van der Waals surface area contributed by atoms with Crippen molar-refractivity contribution in [3.8, 4) is 75.7 Å². The van der Waals surface area contributed by atoms with E-state index < -0.39 is 0 Å². The van der Waals surface area contributed by atoms with Gasteiger partial charge in [0.25, 0.3) is 0 Å². The van der Waals surface area contributed by atoms with Crippen LogP contribution < -0.4 is 0 Å². The topological polar surface area (TPSA) is 25.8 Å². The number of hydrogen-bond acceptors (Lipinski definition) is 5. The minimum Gasteiger partial charge on any atom is -0.228 e. The zero-order valence-corrected chi connectivity index (χ0v) is 45.6. The van der Waals surface area contributed by atoms with E-state index in [1.165, 1.54) is 131 Å². The summed E-state index contributed by atoms with van der Waals surface area (Å²) in [6, 6.07) is 41.3. The first kappa shape index (κ1) is 48.9. The summed E-state index contributed by atoms with van der Waals surface area (Å²) < 4.78 is 0. The molecule has 0 unspecified atom stereocenters. The average Bonchev–Trinajstić information content (AvgIpc) is 4.06. The third kappa shape index (κ3) is 8.76. The van der Waals surface area contributed by atoms with Gasteiger partial charge in [0.05, 0.1) is 11.4 Å². The number of nitrogens with zero attached hydrogens (tertiary/aromatic N) is 2. The van der Waals surface area contributed by atoms with Gasteiger partial charge in [-0.2, -0.15) is 0 Å². The molecule has 0 atom stereocenters. The van der Waals surface area contributed by atoms with Crippen molar-refractivity contribution in [2.45, 2.75) is 103 Å². The summed E-state index contributed by atoms with van der Waals surface area (Å²) in [5.41, 5.74) is 29.3. The lowest BCUT2D eigenvalue weighted by atomic mass is 9.83. The maximum absolute atomic E-state index is 5.77. The van der Waals surface area contributed by atoms with E-state index >= 15 is 0 Å². The van der Waals surface area contributed by atoms with E-state index in [9.17, 15) is 0 Å². The minimum atomic E-state index is 0.769. The maximum atomic E-state index is 5.77. The maximum Gasteiger partial charge on any atom is 0.160 e. The number of thiophene rings is 2. The number of thiol groups is 1. The van der Waals surface area contributed by atoms with Gasteiger partial charge >= 0.3 is 0 Å². The molecule has 0 fully saturated rings. The van der Waals surface area contributed by atoms with Crippen molar-refractivity contribution in [2.75, 3.05) is 0 Å². The molecule has 0 aliphatic carbocycles. The molecule has 0 aliphatic rings. The molecule has 3 heterocycles. The van der Waals surface area contributed by atoms with Crippen molar-refractivity contribution in [3.05, 3.63) is 205 Å². The van der Waals surface area contributed by atoms with E-state index in [1.54, 1.807) is 0 Å². The highest BCUT2D eigenvalue weighted by atomic mass is 32.1. The highest BCUT2D eigenvalue weighted by molar-refractivity contribution is 7.90. The van der Waals surface area contributed by atoms with Gasteiger partial charge in [-0.1, -0.05) is 97.1 Å². The van der Waals surface area contributed by atoms with E-state index in [0.717, 1.165) is 46.1 Å². The summed E-state index contributed by atoms with van der Waals surface area (Å²) in [5, 5.41) is 0. The van der Waals surface area contributed by atoms with E-state index in [1.807, 2.05) is 22.7 Å². The molecule has 2 nitrogen and oxygen atoms in total. The number of allylic oxidation sites excluding steroid dienone is 1. The summed E-state index contributed by atoms with van der Waals surface area (Å²) >= 11 is 8.93. The molecule has 0 saturated heterocycles. The van der Waals surface area contributed by atoms with Crippen molar-refractivity contribution in [1.82, 2.24) is 9.97 Å². The minimum absolute atomic E-state index is 0.769. The average molecular weight is 969 g/mol. The Morgan fingerprint density at radius 1 is 0.386 bits per heavy atom. The zero-order valence-electron chi connectivity index (χ0n) is 43.1. The number of hydrogen-bond donors (Lipinski definition) is 1. The Kier molecular flexibility index (Phi) is 13.9. The van der Waals surface area contributed by atoms with E-state index in [0.29, 0.717) is 0 Å². The largest absolute Gasteiger partial charge is 0.228 e. The summed E-state index contributed by atoms with van der Waals surface area (Å²) in [6.45, 7) is 29.7. The van der Waals surface area contributed by atoms with Crippen LogP contribution in [0.3, 0.4) is 0 Å². The highest BCUT2D eigenvalue weighted by Crippen LogP contribution is 2.48. The quantitative estimate of drug-likeness (QED) is 0.131. The molecular formula is C65H64N2S3. The van der Waals surface area contributed by atoms with Crippen molar-refractivity contribution in [1.29, 1.82) is 0 Å². The molecule has 9 rings (SSSR count). The Bertz CT molecular complexity index is 3240. The molecule has 352 valence electrons. The van der Waals surface area contributed by atoms with Crippen LogP contribution in [0.2, 0.25) is 0 Å². The number of aromatic nitrogens is 2. The highest BCUT2D eigenvalue weighted by Gasteiger charge is 2.28. The third-order valence-corrected chi connectivity index (χ3v) is 18.1. The van der Waals surface area contributed by atoms with Gasteiger partial charge in [-0.25, -0.2) is 9.97 Å². The molecule has 0 saturated carbocycles. The van der Waals surface area contributed by atoms with Gasteiger partial charge in [-0.05, 0) is 227 Å². The van der Waals surface area contributed by atoms with E-state index in [-0.39, 0.29) is 0 Å². The van der Waals surface area contributed by atoms with Gasteiger partial charge in [0.2, 0.25) is 0 Å². The first-order valence-electron chi connectivity index (χ1n) is 24.5.